The second-order valence-corrected chi connectivity index (χ2v) is 9.29. The van der Waals surface area contributed by atoms with Gasteiger partial charge in [0.2, 0.25) is 6.29 Å². The number of ether oxygens (including phenoxy) is 4. The van der Waals surface area contributed by atoms with Gasteiger partial charge in [-0.05, 0) is 48.5 Å². The molecule has 2 aliphatic carbocycles. The highest BCUT2D eigenvalue weighted by Gasteiger charge is 2.71. The molecule has 0 unspecified atom stereocenters. The Bertz CT molecular complexity index is 729. The predicted molar refractivity (Wildman–Crippen MR) is 113 cm³/mol. The average Bonchev–Trinajstić information content (AvgIpc) is 3.01. The Balaban J connectivity index is 2.16. The van der Waals surface area contributed by atoms with Crippen LogP contribution in [0, 0.1) is 22.7 Å². The molecule has 0 aromatic rings. The molecule has 0 amide bonds. The summed E-state index contributed by atoms with van der Waals surface area (Å²) in [7, 11) is 3.25. The van der Waals surface area contributed by atoms with Crippen molar-refractivity contribution < 1.29 is 28.8 Å². The molecule has 1 aliphatic heterocycles. The number of hydrogen-bond acceptors (Lipinski definition) is 6. The van der Waals surface area contributed by atoms with Crippen LogP contribution in [0.1, 0.15) is 46.5 Å². The van der Waals surface area contributed by atoms with Gasteiger partial charge < -0.3 is 24.1 Å². The highest BCUT2D eigenvalue weighted by Crippen LogP contribution is 2.67. The number of methoxy groups -OCH3 is 2. The van der Waals surface area contributed by atoms with Crippen LogP contribution in [0.3, 0.4) is 0 Å². The molecule has 1 saturated carbocycles. The summed E-state index contributed by atoms with van der Waals surface area (Å²) < 4.78 is 23.5. The largest absolute Gasteiger partial charge is 0.435 e. The lowest BCUT2D eigenvalue weighted by molar-refractivity contribution is -0.257. The van der Waals surface area contributed by atoms with Crippen molar-refractivity contribution in [1.82, 2.24) is 0 Å². The van der Waals surface area contributed by atoms with Crippen molar-refractivity contribution in [2.75, 3.05) is 14.2 Å². The summed E-state index contributed by atoms with van der Waals surface area (Å²) in [4.78, 5) is 12.0. The molecule has 2 fully saturated rings. The van der Waals surface area contributed by atoms with E-state index in [1.807, 2.05) is 6.08 Å². The van der Waals surface area contributed by atoms with E-state index in [9.17, 15) is 9.90 Å². The fraction of sp³-hybridized carbons (Fsp3) is 0.708. The molecule has 168 valence electrons. The zero-order chi connectivity index (χ0) is 22.3. The lowest BCUT2D eigenvalue weighted by atomic mass is 9.45. The van der Waals surface area contributed by atoms with Crippen LogP contribution in [-0.4, -0.2) is 50.1 Å². The van der Waals surface area contributed by atoms with Crippen LogP contribution in [0.2, 0.25) is 0 Å². The van der Waals surface area contributed by atoms with Crippen molar-refractivity contribution in [2.24, 2.45) is 22.7 Å². The van der Waals surface area contributed by atoms with Gasteiger partial charge in [0, 0.05) is 21.1 Å². The number of carbonyl (C=O) groups is 1. The number of carbonyl (C=O) groups excluding carboxylic acids is 1. The Morgan fingerprint density at radius 1 is 1.37 bits per heavy atom. The fourth-order valence-electron chi connectivity index (χ4n) is 6.15. The Labute approximate surface area is 179 Å². The maximum atomic E-state index is 12.0. The SMILES string of the molecule is C=CC(=C)CC[C@]1(C)[C@H](C)C[C@H](OC)[C@@]23C(=C[C@@H](O)C[C@@H]12)[C@@H](OC)O[C@H]3OC(C)=O. The van der Waals surface area contributed by atoms with Crippen LogP contribution in [-0.2, 0) is 23.7 Å². The summed E-state index contributed by atoms with van der Waals surface area (Å²) in [6, 6.07) is 0. The number of aliphatic hydroxyl groups excluding tert-OH is 1. The quantitative estimate of drug-likeness (QED) is 0.384. The van der Waals surface area contributed by atoms with Crippen LogP contribution >= 0.6 is 0 Å². The van der Waals surface area contributed by atoms with E-state index in [-0.39, 0.29) is 17.4 Å². The average molecular weight is 421 g/mol. The van der Waals surface area contributed by atoms with E-state index in [1.54, 1.807) is 20.3 Å². The molecule has 1 saturated heterocycles. The Kier molecular flexibility index (Phi) is 6.63. The third-order valence-electron chi connectivity index (χ3n) is 7.88. The van der Waals surface area contributed by atoms with Crippen molar-refractivity contribution >= 4 is 5.97 Å². The zero-order valence-electron chi connectivity index (χ0n) is 18.8. The van der Waals surface area contributed by atoms with E-state index in [0.29, 0.717) is 12.3 Å². The first kappa shape index (κ1) is 23.2. The molecule has 3 rings (SSSR count). The summed E-state index contributed by atoms with van der Waals surface area (Å²) in [6.45, 7) is 13.8. The van der Waals surface area contributed by atoms with Crippen LogP contribution in [0.25, 0.3) is 0 Å². The van der Waals surface area contributed by atoms with Gasteiger partial charge in [-0.3, -0.25) is 4.79 Å². The molecular weight excluding hydrogens is 384 g/mol. The summed E-state index contributed by atoms with van der Waals surface area (Å²) >= 11 is 0. The zero-order valence-corrected chi connectivity index (χ0v) is 18.8. The van der Waals surface area contributed by atoms with Gasteiger partial charge >= 0.3 is 5.97 Å². The van der Waals surface area contributed by atoms with E-state index in [1.165, 1.54) is 6.92 Å². The summed E-state index contributed by atoms with van der Waals surface area (Å²) in [5, 5.41) is 10.8. The van der Waals surface area contributed by atoms with Crippen molar-refractivity contribution in [2.45, 2.75) is 71.2 Å². The molecule has 30 heavy (non-hydrogen) atoms. The molecule has 0 radical (unpaired) electrons. The Morgan fingerprint density at radius 3 is 2.63 bits per heavy atom. The molecule has 0 aromatic heterocycles. The Hall–Kier alpha value is -1.47. The van der Waals surface area contributed by atoms with Crippen molar-refractivity contribution in [1.29, 1.82) is 0 Å². The number of esters is 1. The smallest absolute Gasteiger partial charge is 0.304 e. The summed E-state index contributed by atoms with van der Waals surface area (Å²) in [5.41, 5.74) is 0.947. The van der Waals surface area contributed by atoms with E-state index >= 15 is 0 Å². The lowest BCUT2D eigenvalue weighted by Gasteiger charge is -2.61. The van der Waals surface area contributed by atoms with Gasteiger partial charge in [0.1, 0.15) is 0 Å². The molecule has 1 N–H and O–H groups in total. The minimum absolute atomic E-state index is 0.0317. The molecule has 6 heteroatoms. The minimum atomic E-state index is -0.830. The first-order valence-electron chi connectivity index (χ1n) is 10.7. The third-order valence-corrected chi connectivity index (χ3v) is 7.88. The highest BCUT2D eigenvalue weighted by atomic mass is 16.8. The standard InChI is InChI=1S/C24H36O6/c1-8-14(2)9-10-23(5)15(3)11-20(27-6)24-18(12-17(26)13-19(23)24)21(28-7)30-22(24)29-16(4)25/h8,12,15,17,19-22,26H,1-2,9-11,13H2,3-7H3/t15-,17-,19+,20+,21+,22-,23-,24-/m1/s1. The molecule has 0 bridgehead atoms. The summed E-state index contributed by atoms with van der Waals surface area (Å²) in [5.74, 6) is -0.122. The molecule has 8 atom stereocenters. The molecule has 6 nitrogen and oxygen atoms in total. The predicted octanol–water partition coefficient (Wildman–Crippen LogP) is 3.76. The van der Waals surface area contributed by atoms with E-state index in [2.05, 4.69) is 27.0 Å². The molecule has 1 heterocycles. The van der Waals surface area contributed by atoms with E-state index < -0.39 is 30.1 Å². The molecule has 3 aliphatic rings. The van der Waals surface area contributed by atoms with Crippen molar-refractivity contribution in [3.8, 4) is 0 Å². The second-order valence-electron chi connectivity index (χ2n) is 9.29. The van der Waals surface area contributed by atoms with Crippen molar-refractivity contribution in [3.63, 3.8) is 0 Å². The van der Waals surface area contributed by atoms with Gasteiger partial charge in [0.05, 0.1) is 17.6 Å². The fourth-order valence-corrected chi connectivity index (χ4v) is 6.15. The van der Waals surface area contributed by atoms with Gasteiger partial charge in [0.15, 0.2) is 6.29 Å². The number of rotatable bonds is 7. The minimum Gasteiger partial charge on any atom is -0.435 e. The Morgan fingerprint density at radius 2 is 2.07 bits per heavy atom. The number of allylic oxidation sites excluding steroid dienone is 2. The van der Waals surface area contributed by atoms with Gasteiger partial charge in [-0.2, -0.15) is 0 Å². The van der Waals surface area contributed by atoms with Crippen LogP contribution in [0.4, 0.5) is 0 Å². The molecular formula is C24H36O6. The highest BCUT2D eigenvalue weighted by molar-refractivity contribution is 5.66. The van der Waals surface area contributed by atoms with Gasteiger partial charge in [0.25, 0.3) is 0 Å². The normalized spacial score (nSPS) is 42.7. The molecule has 0 aromatic carbocycles. The van der Waals surface area contributed by atoms with Gasteiger partial charge in [-0.1, -0.05) is 44.7 Å². The van der Waals surface area contributed by atoms with Crippen LogP contribution < -0.4 is 0 Å². The van der Waals surface area contributed by atoms with Gasteiger partial charge in [-0.25, -0.2) is 0 Å². The first-order valence-corrected chi connectivity index (χ1v) is 10.7. The first-order chi connectivity index (χ1) is 14.1. The second kappa shape index (κ2) is 8.58. The van der Waals surface area contributed by atoms with Crippen LogP contribution in [0.15, 0.2) is 36.5 Å². The maximum Gasteiger partial charge on any atom is 0.304 e. The maximum absolute atomic E-state index is 12.0. The third kappa shape index (κ3) is 3.48. The monoisotopic (exact) mass is 420 g/mol. The molecule has 1 spiro atoms. The number of aliphatic hydroxyl groups is 1. The van der Waals surface area contributed by atoms with Crippen LogP contribution in [0.5, 0.6) is 0 Å². The van der Waals surface area contributed by atoms with Gasteiger partial charge in [-0.15, -0.1) is 0 Å². The summed E-state index contributed by atoms with van der Waals surface area (Å²) in [6.07, 6.45) is 4.27. The van der Waals surface area contributed by atoms with Crippen molar-refractivity contribution in [3.05, 3.63) is 36.5 Å². The number of hydrogen-bond donors (Lipinski definition) is 1. The topological polar surface area (TPSA) is 74.2 Å². The van der Waals surface area contributed by atoms with E-state index in [0.717, 1.165) is 30.4 Å². The van der Waals surface area contributed by atoms with E-state index in [4.69, 9.17) is 18.9 Å². The lowest BCUT2D eigenvalue weighted by Crippen LogP contribution is -2.63.